The summed E-state index contributed by atoms with van der Waals surface area (Å²) in [7, 11) is 0. The van der Waals surface area contributed by atoms with E-state index in [-0.39, 0.29) is 16.8 Å². The summed E-state index contributed by atoms with van der Waals surface area (Å²) in [5.74, 6) is -0.542. The van der Waals surface area contributed by atoms with Gasteiger partial charge >= 0.3 is 0 Å². The van der Waals surface area contributed by atoms with Crippen LogP contribution < -0.4 is 11.1 Å². The van der Waals surface area contributed by atoms with Crippen molar-refractivity contribution in [2.45, 2.75) is 27.7 Å². The van der Waals surface area contributed by atoms with Gasteiger partial charge in [-0.2, -0.15) is 0 Å². The van der Waals surface area contributed by atoms with Crippen LogP contribution in [0.25, 0.3) is 0 Å². The van der Waals surface area contributed by atoms with Crippen molar-refractivity contribution >= 4 is 44.7 Å². The molecule has 1 aromatic carbocycles. The van der Waals surface area contributed by atoms with Crippen LogP contribution in [0.3, 0.4) is 0 Å². The van der Waals surface area contributed by atoms with Crippen molar-refractivity contribution < 1.29 is 4.79 Å². The molecule has 5 heteroatoms. The highest BCUT2D eigenvalue weighted by molar-refractivity contribution is 9.10. The zero-order valence-corrected chi connectivity index (χ0v) is 14.0. The molecule has 0 aliphatic heterocycles. The van der Waals surface area contributed by atoms with E-state index >= 15 is 0 Å². The average molecular weight is 343 g/mol. The number of carbonyl (C=O) groups is 1. The van der Waals surface area contributed by atoms with Crippen LogP contribution in [-0.4, -0.2) is 10.9 Å². The van der Waals surface area contributed by atoms with Gasteiger partial charge in [0.2, 0.25) is 5.91 Å². The van der Waals surface area contributed by atoms with Gasteiger partial charge in [-0.3, -0.25) is 4.79 Å². The van der Waals surface area contributed by atoms with Crippen LogP contribution >= 0.6 is 28.1 Å². The lowest BCUT2D eigenvalue weighted by atomic mass is 9.94. The fraction of sp³-hybridized carbons (Fsp3) is 0.429. The molecule has 1 atom stereocenters. The number of amides is 1. The van der Waals surface area contributed by atoms with E-state index in [0.29, 0.717) is 0 Å². The zero-order chi connectivity index (χ0) is 14.7. The van der Waals surface area contributed by atoms with E-state index in [2.05, 4.69) is 21.2 Å². The molecule has 0 saturated heterocycles. The molecule has 104 valence electrons. The Balaban J connectivity index is 3.03. The first-order valence-electron chi connectivity index (χ1n) is 6.11. The van der Waals surface area contributed by atoms with Gasteiger partial charge < -0.3 is 11.1 Å². The van der Waals surface area contributed by atoms with Crippen LogP contribution in [0.2, 0.25) is 0 Å². The standard InChI is InChI=1S/C14H19BrN2OS/c1-7(2)11(13(16)19)14(18)17-12-9(4)5-8(3)6-10(12)15/h5-7,11H,1-4H3,(H2,16,19)(H,17,18). The molecule has 3 nitrogen and oxygen atoms in total. The van der Waals surface area contributed by atoms with Crippen LogP contribution in [0.15, 0.2) is 16.6 Å². The molecule has 19 heavy (non-hydrogen) atoms. The predicted molar refractivity (Wildman–Crippen MR) is 87.4 cm³/mol. The quantitative estimate of drug-likeness (QED) is 0.822. The SMILES string of the molecule is Cc1cc(C)c(NC(=O)C(C(N)=S)C(C)C)c(Br)c1. The topological polar surface area (TPSA) is 55.1 Å². The molecule has 0 bridgehead atoms. The van der Waals surface area contributed by atoms with E-state index in [1.807, 2.05) is 39.8 Å². The summed E-state index contributed by atoms with van der Waals surface area (Å²) in [6.45, 7) is 7.83. The van der Waals surface area contributed by atoms with Gasteiger partial charge in [-0.25, -0.2) is 0 Å². The molecule has 0 aromatic heterocycles. The maximum atomic E-state index is 12.3. The summed E-state index contributed by atoms with van der Waals surface area (Å²) in [4.78, 5) is 12.5. The second-order valence-electron chi connectivity index (χ2n) is 5.05. The first-order chi connectivity index (χ1) is 8.73. The first-order valence-corrected chi connectivity index (χ1v) is 7.31. The maximum Gasteiger partial charge on any atom is 0.234 e. The Morgan fingerprint density at radius 2 is 1.95 bits per heavy atom. The van der Waals surface area contributed by atoms with Crippen molar-refractivity contribution in [3.8, 4) is 0 Å². The molecular formula is C14H19BrN2OS. The number of hydrogen-bond donors (Lipinski definition) is 2. The Morgan fingerprint density at radius 3 is 2.37 bits per heavy atom. The Bertz CT molecular complexity index is 491. The van der Waals surface area contributed by atoms with E-state index < -0.39 is 5.92 Å². The van der Waals surface area contributed by atoms with Gasteiger partial charge in [-0.15, -0.1) is 0 Å². The lowest BCUT2D eigenvalue weighted by molar-refractivity contribution is -0.118. The van der Waals surface area contributed by atoms with Crippen molar-refractivity contribution in [1.82, 2.24) is 0 Å². The molecule has 0 aliphatic carbocycles. The highest BCUT2D eigenvalue weighted by atomic mass is 79.9. The molecule has 1 unspecified atom stereocenters. The van der Waals surface area contributed by atoms with Gasteiger partial charge in [0.05, 0.1) is 16.6 Å². The second-order valence-corrected chi connectivity index (χ2v) is 6.38. The number of nitrogens with two attached hydrogens (primary N) is 1. The van der Waals surface area contributed by atoms with E-state index in [9.17, 15) is 4.79 Å². The Hall–Kier alpha value is -0.940. The third-order valence-electron chi connectivity index (χ3n) is 2.94. The summed E-state index contributed by atoms with van der Waals surface area (Å²) >= 11 is 8.45. The van der Waals surface area contributed by atoms with Gasteiger partial charge in [0.15, 0.2) is 0 Å². The number of rotatable bonds is 4. The highest BCUT2D eigenvalue weighted by Gasteiger charge is 2.25. The third-order valence-corrected chi connectivity index (χ3v) is 3.81. The largest absolute Gasteiger partial charge is 0.393 e. The molecule has 0 fully saturated rings. The fourth-order valence-corrected chi connectivity index (χ4v) is 3.19. The molecule has 1 aromatic rings. The molecule has 3 N–H and O–H groups in total. The number of nitrogens with one attached hydrogen (secondary N) is 1. The number of carbonyl (C=O) groups excluding carboxylic acids is 1. The van der Waals surface area contributed by atoms with Gasteiger partial charge in [-0.1, -0.05) is 32.1 Å². The van der Waals surface area contributed by atoms with Gasteiger partial charge in [0.1, 0.15) is 0 Å². The summed E-state index contributed by atoms with van der Waals surface area (Å²) in [5.41, 5.74) is 8.57. The second kappa shape index (κ2) is 6.48. The first kappa shape index (κ1) is 16.1. The van der Waals surface area contributed by atoms with Gasteiger partial charge in [0, 0.05) is 4.47 Å². The highest BCUT2D eigenvalue weighted by Crippen LogP contribution is 2.28. The number of halogens is 1. The molecule has 1 rings (SSSR count). The number of aryl methyl sites for hydroxylation is 2. The van der Waals surface area contributed by atoms with E-state index in [1.54, 1.807) is 0 Å². The minimum Gasteiger partial charge on any atom is -0.393 e. The van der Waals surface area contributed by atoms with Gasteiger partial charge in [-0.05, 0) is 52.9 Å². The smallest absolute Gasteiger partial charge is 0.234 e. The van der Waals surface area contributed by atoms with Crippen molar-refractivity contribution in [3.63, 3.8) is 0 Å². The van der Waals surface area contributed by atoms with Crippen molar-refractivity contribution in [1.29, 1.82) is 0 Å². The third kappa shape index (κ3) is 4.01. The molecule has 1 amide bonds. The molecule has 0 heterocycles. The van der Waals surface area contributed by atoms with Crippen LogP contribution in [0.4, 0.5) is 5.69 Å². The van der Waals surface area contributed by atoms with Crippen molar-refractivity contribution in [2.24, 2.45) is 17.6 Å². The van der Waals surface area contributed by atoms with E-state index in [4.69, 9.17) is 18.0 Å². The summed E-state index contributed by atoms with van der Waals surface area (Å²) in [5, 5.41) is 2.92. The van der Waals surface area contributed by atoms with E-state index in [0.717, 1.165) is 21.3 Å². The van der Waals surface area contributed by atoms with E-state index in [1.165, 1.54) is 0 Å². The van der Waals surface area contributed by atoms with Crippen LogP contribution in [0, 0.1) is 25.7 Å². The minimum absolute atomic E-state index is 0.0713. The van der Waals surface area contributed by atoms with Gasteiger partial charge in [0.25, 0.3) is 0 Å². The lowest BCUT2D eigenvalue weighted by Crippen LogP contribution is -2.37. The van der Waals surface area contributed by atoms with Crippen molar-refractivity contribution in [2.75, 3.05) is 5.32 Å². The summed E-state index contributed by atoms with van der Waals surface area (Å²) < 4.78 is 0.865. The number of benzene rings is 1. The molecule has 0 spiro atoms. The lowest BCUT2D eigenvalue weighted by Gasteiger charge is -2.20. The predicted octanol–water partition coefficient (Wildman–Crippen LogP) is 3.56. The average Bonchev–Trinajstić information content (AvgIpc) is 2.22. The van der Waals surface area contributed by atoms with Crippen LogP contribution in [0.5, 0.6) is 0 Å². The zero-order valence-electron chi connectivity index (χ0n) is 11.6. The fourth-order valence-electron chi connectivity index (χ4n) is 2.04. The minimum atomic E-state index is -0.456. The normalized spacial score (nSPS) is 12.3. The van der Waals surface area contributed by atoms with Crippen molar-refractivity contribution in [3.05, 3.63) is 27.7 Å². The molecule has 0 saturated carbocycles. The number of hydrogen-bond acceptors (Lipinski definition) is 2. The number of anilines is 1. The monoisotopic (exact) mass is 342 g/mol. The molecular weight excluding hydrogens is 324 g/mol. The Kier molecular flexibility index (Phi) is 5.50. The Labute approximate surface area is 128 Å². The molecule has 0 aliphatic rings. The number of thiocarbonyl (C=S) groups is 1. The van der Waals surface area contributed by atoms with Crippen LogP contribution in [0.1, 0.15) is 25.0 Å². The summed E-state index contributed by atoms with van der Waals surface area (Å²) in [6.07, 6.45) is 0. The maximum absolute atomic E-state index is 12.3. The summed E-state index contributed by atoms with van der Waals surface area (Å²) in [6, 6.07) is 3.99. The molecule has 0 radical (unpaired) electrons. The van der Waals surface area contributed by atoms with Crippen LogP contribution in [-0.2, 0) is 4.79 Å². The Morgan fingerprint density at radius 1 is 1.37 bits per heavy atom.